The molecule has 0 saturated heterocycles. The van der Waals surface area contributed by atoms with Crippen LogP contribution in [0.2, 0.25) is 0 Å². The van der Waals surface area contributed by atoms with Crippen LogP contribution in [0.5, 0.6) is 0 Å². The minimum atomic E-state index is 1.23. The second kappa shape index (κ2) is 36.7. The Morgan fingerprint density at radius 1 is 0.0952 bits per heavy atom. The summed E-state index contributed by atoms with van der Waals surface area (Å²) in [7, 11) is 0. The van der Waals surface area contributed by atoms with Crippen LogP contribution in [0.4, 0.5) is 0 Å². The zero-order valence-corrected chi connectivity index (χ0v) is 82.6. The van der Waals surface area contributed by atoms with Crippen molar-refractivity contribution in [2.24, 2.45) is 0 Å². The maximum Gasteiger partial charge on any atom is 0.0361 e. The molecule has 0 amide bonds. The highest BCUT2D eigenvalue weighted by Gasteiger charge is 2.27. The van der Waals surface area contributed by atoms with Gasteiger partial charge in [-0.2, -0.15) is 0 Å². The first kappa shape index (κ1) is 86.8. The van der Waals surface area contributed by atoms with Crippen molar-refractivity contribution < 1.29 is 0 Å². The summed E-state index contributed by atoms with van der Waals surface area (Å²) in [5, 5.41) is 30.8. The second-order valence-electron chi connectivity index (χ2n) is 38.4. The molecule has 0 aliphatic rings. The van der Waals surface area contributed by atoms with Gasteiger partial charge in [0.1, 0.15) is 0 Å². The summed E-state index contributed by atoms with van der Waals surface area (Å²) in [6.07, 6.45) is 0. The van der Waals surface area contributed by atoms with E-state index in [0.29, 0.717) is 0 Å². The van der Waals surface area contributed by atoms with Gasteiger partial charge in [-0.15, -0.1) is 34.0 Å². The molecule has 147 heavy (non-hydrogen) atoms. The normalized spacial score (nSPS) is 11.7. The van der Waals surface area contributed by atoms with E-state index >= 15 is 0 Å². The molecule has 3 heterocycles. The molecular weight excluding hydrogens is 1830 g/mol. The van der Waals surface area contributed by atoms with Gasteiger partial charge in [-0.1, -0.05) is 479 Å². The third kappa shape index (κ3) is 15.2. The lowest BCUT2D eigenvalue weighted by Crippen LogP contribution is -1.93. The lowest BCUT2D eigenvalue weighted by Gasteiger charge is -2.21. The predicted molar refractivity (Wildman–Crippen MR) is 641 cm³/mol. The van der Waals surface area contributed by atoms with E-state index < -0.39 is 0 Å². The largest absolute Gasteiger partial charge is 0.135 e. The van der Waals surface area contributed by atoms with Gasteiger partial charge in [-0.05, 0) is 297 Å². The average Bonchev–Trinajstić information content (AvgIpc) is 1.64. The van der Waals surface area contributed by atoms with Gasteiger partial charge in [0.2, 0.25) is 0 Å². The monoisotopic (exact) mass is 1910 g/mol. The maximum absolute atomic E-state index is 2.40. The SMILES string of the molecule is c1ccc(-c2ccc3cccc(-c4c5ccccc5c(-c5ccc(-c6ccc7sc8ccccc8c7c6)cc5)c5ccccc45)c3c2)cc1.c1ccc(-c2ccc3cccc(-c4c5ccccc5c(-c5cccc(-c6cccc7sc8ccccc8c67)c5)c5ccccc45)c3c2)cc1.c1ccc(-c2ccc3cccc(-c4c5ccccc5c(-c5ccccc5-c5cccc6sc7ccccc7c56)c5ccccc45)c3c2)cc1. The van der Waals surface area contributed by atoms with Crippen LogP contribution in [0, 0.1) is 0 Å². The van der Waals surface area contributed by atoms with E-state index in [1.807, 2.05) is 34.0 Å². The third-order valence-corrected chi connectivity index (χ3v) is 33.6. The number of thiophene rings is 3. The van der Waals surface area contributed by atoms with E-state index in [-0.39, 0.29) is 0 Å². The van der Waals surface area contributed by atoms with Gasteiger partial charge in [0.25, 0.3) is 0 Å². The summed E-state index contributed by atoms with van der Waals surface area (Å²) in [5.74, 6) is 0. The van der Waals surface area contributed by atoms with E-state index in [9.17, 15) is 0 Å². The van der Waals surface area contributed by atoms with Crippen LogP contribution < -0.4 is 0 Å². The molecule has 27 aromatic carbocycles. The molecule has 0 bridgehead atoms. The number of benzene rings is 27. The Hall–Kier alpha value is -18.1. The number of fused-ring (bicyclic) bond motifs is 18. The number of hydrogen-bond donors (Lipinski definition) is 0. The Labute approximate surface area is 863 Å². The molecule has 0 aliphatic carbocycles. The first-order valence-corrected chi connectivity index (χ1v) is 53.0. The highest BCUT2D eigenvalue weighted by atomic mass is 32.1. The van der Waals surface area contributed by atoms with Crippen molar-refractivity contribution in [2.75, 3.05) is 0 Å². The fourth-order valence-electron chi connectivity index (χ4n) is 23.6. The van der Waals surface area contributed by atoms with E-state index in [1.165, 1.54) is 291 Å². The average molecular weight is 1920 g/mol. The zero-order chi connectivity index (χ0) is 96.9. The first-order chi connectivity index (χ1) is 72.9. The minimum absolute atomic E-state index is 1.23. The standard InChI is InChI=1S/3C48H30S/c1-2-13-31(14-3-1)33-28-27-32-15-11-24-41(43(32)30-33)47-39-20-6-4-18-37(39)46(38-19-5-7-21-40(38)47)35-17-10-16-34(29-35)36-23-12-26-45-48(36)42-22-8-9-25-44(42)49-45;1-2-11-31(12-3-1)35-26-23-33-13-10-19-42(43(33)29-35)48-40-17-6-4-15-38(40)47(39-16-5-7-18-41(39)48)34-24-21-32(22-25-34)36-27-28-46-44(30-36)37-14-8-9-20-45(37)49-46;1-2-14-31(15-3-1)33-29-28-32-16-12-24-41(43(32)30-33)47-39-21-8-6-19-37(39)46(38-20-7-9-22-40(38)47)35-18-5-4-17-34(35)36-25-13-27-45-48(36)42-23-10-11-26-44(42)49-45/h3*1-30H. The molecular formula is C144H90S3. The fraction of sp³-hybridized carbons (Fsp3) is 0. The van der Waals surface area contributed by atoms with E-state index in [2.05, 4.69) is 546 Å². The van der Waals surface area contributed by atoms with Gasteiger partial charge in [0, 0.05) is 60.5 Å². The third-order valence-electron chi connectivity index (χ3n) is 30.2. The van der Waals surface area contributed by atoms with E-state index in [0.717, 1.165) is 0 Å². The van der Waals surface area contributed by atoms with Crippen LogP contribution in [0.15, 0.2) is 546 Å². The van der Waals surface area contributed by atoms with Gasteiger partial charge in [0.05, 0.1) is 0 Å². The van der Waals surface area contributed by atoms with Crippen LogP contribution in [0.25, 0.3) is 291 Å². The molecule has 3 heteroatoms. The van der Waals surface area contributed by atoms with Crippen molar-refractivity contribution >= 4 is 191 Å². The maximum atomic E-state index is 2.40. The van der Waals surface area contributed by atoms with Crippen molar-refractivity contribution in [2.45, 2.75) is 0 Å². The van der Waals surface area contributed by atoms with Crippen LogP contribution in [0.3, 0.4) is 0 Å². The van der Waals surface area contributed by atoms with Crippen molar-refractivity contribution in [1.29, 1.82) is 0 Å². The van der Waals surface area contributed by atoms with E-state index in [1.54, 1.807) is 0 Å². The van der Waals surface area contributed by atoms with Crippen molar-refractivity contribution in [3.63, 3.8) is 0 Å². The number of hydrogen-bond acceptors (Lipinski definition) is 3. The summed E-state index contributed by atoms with van der Waals surface area (Å²) in [5.41, 5.74) is 30.2. The molecule has 3 aromatic heterocycles. The van der Waals surface area contributed by atoms with Gasteiger partial charge < -0.3 is 0 Å². The summed E-state index contributed by atoms with van der Waals surface area (Å²) in [6.45, 7) is 0. The van der Waals surface area contributed by atoms with Crippen LogP contribution >= 0.6 is 34.0 Å². The molecule has 0 nitrogen and oxygen atoms in total. The van der Waals surface area contributed by atoms with E-state index in [4.69, 9.17) is 0 Å². The predicted octanol–water partition coefficient (Wildman–Crippen LogP) is 42.5. The smallest absolute Gasteiger partial charge is 0.0361 e. The molecule has 684 valence electrons. The topological polar surface area (TPSA) is 0 Å². The van der Waals surface area contributed by atoms with Crippen LogP contribution in [-0.4, -0.2) is 0 Å². The summed E-state index contributed by atoms with van der Waals surface area (Å²) >= 11 is 5.62. The lowest BCUT2D eigenvalue weighted by molar-refractivity contribution is 1.63. The van der Waals surface area contributed by atoms with Gasteiger partial charge in [0.15, 0.2) is 0 Å². The van der Waals surface area contributed by atoms with Gasteiger partial charge in [-0.25, -0.2) is 0 Å². The molecule has 30 aromatic rings. The van der Waals surface area contributed by atoms with Crippen molar-refractivity contribution in [3.8, 4) is 134 Å². The van der Waals surface area contributed by atoms with Crippen LogP contribution in [0.1, 0.15) is 0 Å². The van der Waals surface area contributed by atoms with Gasteiger partial charge in [-0.3, -0.25) is 0 Å². The lowest BCUT2D eigenvalue weighted by atomic mass is 9.82. The first-order valence-electron chi connectivity index (χ1n) is 50.5. The molecule has 0 aliphatic heterocycles. The second-order valence-corrected chi connectivity index (χ2v) is 41.7. The molecule has 0 radical (unpaired) electrons. The Kier molecular flexibility index (Phi) is 21.7. The molecule has 0 spiro atoms. The molecule has 0 N–H and O–H groups in total. The summed E-state index contributed by atoms with van der Waals surface area (Å²) in [6, 6.07) is 201. The van der Waals surface area contributed by atoms with Crippen molar-refractivity contribution in [3.05, 3.63) is 546 Å². The minimum Gasteiger partial charge on any atom is -0.135 e. The fourth-order valence-corrected chi connectivity index (χ4v) is 26.9. The molecule has 0 saturated carbocycles. The zero-order valence-electron chi connectivity index (χ0n) is 80.2. The molecule has 0 unspecified atom stereocenters. The molecule has 0 atom stereocenters. The Morgan fingerprint density at radius 2 is 0.333 bits per heavy atom. The van der Waals surface area contributed by atoms with Crippen molar-refractivity contribution in [1.82, 2.24) is 0 Å². The highest BCUT2D eigenvalue weighted by Crippen LogP contribution is 2.54. The molecule has 0 fully saturated rings. The summed E-state index contributed by atoms with van der Waals surface area (Å²) in [4.78, 5) is 0. The van der Waals surface area contributed by atoms with Crippen LogP contribution in [-0.2, 0) is 0 Å². The summed E-state index contributed by atoms with van der Waals surface area (Å²) < 4.78 is 7.99. The Bertz CT molecular complexity index is 10300. The highest BCUT2D eigenvalue weighted by molar-refractivity contribution is 7.26. The quantitative estimate of drug-likeness (QED) is 0.107. The van der Waals surface area contributed by atoms with Gasteiger partial charge >= 0.3 is 0 Å². The Balaban J connectivity index is 0.000000107. The Morgan fingerprint density at radius 3 is 0.748 bits per heavy atom. The molecule has 30 rings (SSSR count). The number of rotatable bonds is 12.